The molecule has 0 amide bonds. The molecule has 0 aliphatic carbocycles. The summed E-state index contributed by atoms with van der Waals surface area (Å²) in [4.78, 5) is 23.8. The molecule has 0 bridgehead atoms. The Labute approximate surface area is 157 Å². The van der Waals surface area contributed by atoms with Crippen LogP contribution >= 0.6 is 0 Å². The molecule has 0 saturated heterocycles. The Morgan fingerprint density at radius 3 is 2.22 bits per heavy atom. The van der Waals surface area contributed by atoms with Crippen molar-refractivity contribution < 1.29 is 29.3 Å². The molecule has 0 saturated carbocycles. The lowest BCUT2D eigenvalue weighted by Gasteiger charge is -2.03. The SMILES string of the molecule is COc1ccc(C=CC(=O)CC(=O)C=Cc2ccc(O)c(OC)c2)c(O)c1. The van der Waals surface area contributed by atoms with Crippen molar-refractivity contribution in [2.45, 2.75) is 6.42 Å². The van der Waals surface area contributed by atoms with Crippen molar-refractivity contribution in [2.75, 3.05) is 14.2 Å². The summed E-state index contributed by atoms with van der Waals surface area (Å²) < 4.78 is 9.98. The maximum atomic E-state index is 11.9. The number of allylic oxidation sites excluding steroid dienone is 2. The highest BCUT2D eigenvalue weighted by atomic mass is 16.5. The summed E-state index contributed by atoms with van der Waals surface area (Å²) in [5, 5.41) is 19.4. The molecule has 0 aromatic heterocycles. The van der Waals surface area contributed by atoms with Crippen molar-refractivity contribution in [3.05, 3.63) is 59.7 Å². The van der Waals surface area contributed by atoms with Crippen LogP contribution in [-0.4, -0.2) is 36.0 Å². The summed E-state index contributed by atoms with van der Waals surface area (Å²) in [6.45, 7) is 0. The van der Waals surface area contributed by atoms with E-state index in [1.54, 1.807) is 24.3 Å². The van der Waals surface area contributed by atoms with Gasteiger partial charge in [0, 0.05) is 11.6 Å². The molecule has 0 atom stereocenters. The van der Waals surface area contributed by atoms with Crippen molar-refractivity contribution in [2.24, 2.45) is 0 Å². The molecule has 0 fully saturated rings. The van der Waals surface area contributed by atoms with E-state index in [0.717, 1.165) is 0 Å². The van der Waals surface area contributed by atoms with Gasteiger partial charge in [-0.2, -0.15) is 0 Å². The van der Waals surface area contributed by atoms with Crippen molar-refractivity contribution in [1.29, 1.82) is 0 Å². The zero-order chi connectivity index (χ0) is 19.8. The van der Waals surface area contributed by atoms with Crippen molar-refractivity contribution in [3.8, 4) is 23.0 Å². The Hall–Kier alpha value is -3.54. The molecule has 2 aromatic rings. The van der Waals surface area contributed by atoms with Gasteiger partial charge in [0.1, 0.15) is 11.5 Å². The zero-order valence-electron chi connectivity index (χ0n) is 15.0. The number of rotatable bonds is 8. The highest BCUT2D eigenvalue weighted by Gasteiger charge is 2.06. The molecule has 6 heteroatoms. The molecule has 0 radical (unpaired) electrons. The van der Waals surface area contributed by atoms with Gasteiger partial charge in [-0.1, -0.05) is 12.1 Å². The Morgan fingerprint density at radius 1 is 0.889 bits per heavy atom. The van der Waals surface area contributed by atoms with Crippen LogP contribution in [0.25, 0.3) is 12.2 Å². The van der Waals surface area contributed by atoms with E-state index in [2.05, 4.69) is 0 Å². The van der Waals surface area contributed by atoms with Gasteiger partial charge >= 0.3 is 0 Å². The molecule has 6 nitrogen and oxygen atoms in total. The summed E-state index contributed by atoms with van der Waals surface area (Å²) in [6.07, 6.45) is 5.23. The van der Waals surface area contributed by atoms with E-state index in [1.165, 1.54) is 50.7 Å². The van der Waals surface area contributed by atoms with Gasteiger partial charge < -0.3 is 19.7 Å². The number of ketones is 2. The fourth-order valence-corrected chi connectivity index (χ4v) is 2.25. The van der Waals surface area contributed by atoms with Gasteiger partial charge in [-0.05, 0) is 48.1 Å². The van der Waals surface area contributed by atoms with Gasteiger partial charge in [-0.3, -0.25) is 9.59 Å². The largest absolute Gasteiger partial charge is 0.507 e. The average Bonchev–Trinajstić information content (AvgIpc) is 2.66. The topological polar surface area (TPSA) is 93.1 Å². The van der Waals surface area contributed by atoms with E-state index in [1.807, 2.05) is 0 Å². The molecule has 0 unspecified atom stereocenters. The first-order valence-electron chi connectivity index (χ1n) is 8.08. The lowest BCUT2D eigenvalue weighted by molar-refractivity contribution is -0.121. The van der Waals surface area contributed by atoms with E-state index in [0.29, 0.717) is 22.6 Å². The lowest BCUT2D eigenvalue weighted by atomic mass is 10.1. The Morgan fingerprint density at radius 2 is 1.59 bits per heavy atom. The Bertz CT molecular complexity index is 896. The number of ether oxygens (including phenoxy) is 2. The second-order valence-electron chi connectivity index (χ2n) is 5.63. The molecular formula is C21H20O6. The number of hydrogen-bond donors (Lipinski definition) is 2. The van der Waals surface area contributed by atoms with Crippen LogP contribution in [0.3, 0.4) is 0 Å². The smallest absolute Gasteiger partial charge is 0.163 e. The van der Waals surface area contributed by atoms with Crippen LogP contribution in [-0.2, 0) is 9.59 Å². The first-order valence-corrected chi connectivity index (χ1v) is 8.08. The van der Waals surface area contributed by atoms with Crippen LogP contribution in [0.4, 0.5) is 0 Å². The van der Waals surface area contributed by atoms with Crippen LogP contribution in [0.15, 0.2) is 48.6 Å². The molecule has 2 aromatic carbocycles. The lowest BCUT2D eigenvalue weighted by Crippen LogP contribution is -2.01. The van der Waals surface area contributed by atoms with Gasteiger partial charge in [-0.15, -0.1) is 0 Å². The maximum Gasteiger partial charge on any atom is 0.163 e. The predicted molar refractivity (Wildman–Crippen MR) is 102 cm³/mol. The third kappa shape index (κ3) is 5.74. The average molecular weight is 368 g/mol. The minimum absolute atomic E-state index is 0.00285. The summed E-state index contributed by atoms with van der Waals surface area (Å²) in [6, 6.07) is 9.35. The van der Waals surface area contributed by atoms with Gasteiger partial charge in [-0.25, -0.2) is 0 Å². The van der Waals surface area contributed by atoms with Crippen molar-refractivity contribution in [1.82, 2.24) is 0 Å². The first kappa shape index (κ1) is 19.8. The zero-order valence-corrected chi connectivity index (χ0v) is 15.0. The van der Waals surface area contributed by atoms with E-state index in [4.69, 9.17) is 9.47 Å². The number of methoxy groups -OCH3 is 2. The first-order chi connectivity index (χ1) is 12.9. The molecule has 0 aliphatic rings. The minimum Gasteiger partial charge on any atom is -0.507 e. The molecule has 0 heterocycles. The molecule has 0 aliphatic heterocycles. The monoisotopic (exact) mass is 368 g/mol. The number of carbonyl (C=O) groups is 2. The second kappa shape index (κ2) is 9.24. The predicted octanol–water partition coefficient (Wildman–Crippen LogP) is 3.37. The van der Waals surface area contributed by atoms with Crippen LogP contribution in [0.5, 0.6) is 23.0 Å². The second-order valence-corrected chi connectivity index (χ2v) is 5.63. The van der Waals surface area contributed by atoms with E-state index in [-0.39, 0.29) is 29.5 Å². The summed E-state index contributed by atoms with van der Waals surface area (Å²) in [5.41, 5.74) is 1.10. The quantitative estimate of drug-likeness (QED) is 0.548. The van der Waals surface area contributed by atoms with E-state index >= 15 is 0 Å². The van der Waals surface area contributed by atoms with Gasteiger partial charge in [0.2, 0.25) is 0 Å². The van der Waals surface area contributed by atoms with Gasteiger partial charge in [0.25, 0.3) is 0 Å². The van der Waals surface area contributed by atoms with Crippen molar-refractivity contribution in [3.63, 3.8) is 0 Å². The maximum absolute atomic E-state index is 11.9. The van der Waals surface area contributed by atoms with Gasteiger partial charge in [0.15, 0.2) is 23.1 Å². The minimum atomic E-state index is -0.386. The standard InChI is InChI=1S/C21H20O6/c1-26-18-9-6-15(20(25)13-18)5-8-17(23)12-16(22)7-3-14-4-10-19(24)21(11-14)27-2/h3-11,13,24-25H,12H2,1-2H3. The highest BCUT2D eigenvalue weighted by Crippen LogP contribution is 2.27. The molecule has 27 heavy (non-hydrogen) atoms. The summed E-state index contributed by atoms with van der Waals surface area (Å²) in [5.74, 6) is 0.0258. The van der Waals surface area contributed by atoms with Crippen molar-refractivity contribution >= 4 is 23.7 Å². The number of aromatic hydroxyl groups is 2. The Balaban J connectivity index is 1.96. The fraction of sp³-hybridized carbons (Fsp3) is 0.143. The van der Waals surface area contributed by atoms with Crippen LogP contribution in [0.1, 0.15) is 17.5 Å². The third-order valence-corrected chi connectivity index (χ3v) is 3.70. The number of phenolic OH excluding ortho intramolecular Hbond substituents is 2. The van der Waals surface area contributed by atoms with Crippen LogP contribution in [0.2, 0.25) is 0 Å². The molecule has 2 N–H and O–H groups in total. The normalized spacial score (nSPS) is 11.0. The molecule has 140 valence electrons. The fourth-order valence-electron chi connectivity index (χ4n) is 2.25. The summed E-state index contributed by atoms with van der Waals surface area (Å²) >= 11 is 0. The van der Waals surface area contributed by atoms with Crippen LogP contribution < -0.4 is 9.47 Å². The van der Waals surface area contributed by atoms with E-state index < -0.39 is 0 Å². The molecule has 2 rings (SSSR count). The number of phenols is 2. The number of benzene rings is 2. The third-order valence-electron chi connectivity index (χ3n) is 3.70. The number of carbonyl (C=O) groups excluding carboxylic acids is 2. The van der Waals surface area contributed by atoms with Crippen LogP contribution in [0, 0.1) is 0 Å². The Kier molecular flexibility index (Phi) is 6.77. The highest BCUT2D eigenvalue weighted by molar-refractivity contribution is 6.11. The number of hydrogen-bond acceptors (Lipinski definition) is 6. The van der Waals surface area contributed by atoms with E-state index in [9.17, 15) is 19.8 Å². The molecule has 0 spiro atoms. The summed E-state index contributed by atoms with van der Waals surface area (Å²) in [7, 11) is 2.92. The molecular weight excluding hydrogens is 348 g/mol. The van der Waals surface area contributed by atoms with Gasteiger partial charge in [0.05, 0.1) is 20.6 Å².